The summed E-state index contributed by atoms with van der Waals surface area (Å²) in [5.41, 5.74) is 1.43. The van der Waals surface area contributed by atoms with Crippen LogP contribution in [0.25, 0.3) is 10.8 Å². The molecule has 3 aromatic carbocycles. The average Bonchev–Trinajstić information content (AvgIpc) is 2.66. The molecule has 7 heteroatoms. The quantitative estimate of drug-likeness (QED) is 0.590. The van der Waals surface area contributed by atoms with Crippen molar-refractivity contribution in [1.82, 2.24) is 10.0 Å². The maximum atomic E-state index is 12.6. The predicted molar refractivity (Wildman–Crippen MR) is 112 cm³/mol. The highest BCUT2D eigenvalue weighted by atomic mass is 32.2. The van der Waals surface area contributed by atoms with Crippen LogP contribution in [0, 0.1) is 0 Å². The van der Waals surface area contributed by atoms with Crippen LogP contribution >= 0.6 is 0 Å². The fourth-order valence-corrected chi connectivity index (χ4v) is 3.78. The van der Waals surface area contributed by atoms with Gasteiger partial charge in [-0.1, -0.05) is 42.5 Å². The molecule has 0 spiro atoms. The van der Waals surface area contributed by atoms with Gasteiger partial charge < -0.3 is 10.6 Å². The largest absolute Gasteiger partial charge is 0.336 e. The first-order valence-electron chi connectivity index (χ1n) is 8.98. The molecule has 0 saturated heterocycles. The molecule has 0 aliphatic carbocycles. The van der Waals surface area contributed by atoms with Crippen molar-refractivity contribution in [3.8, 4) is 0 Å². The Balaban J connectivity index is 1.64. The van der Waals surface area contributed by atoms with E-state index in [2.05, 4.69) is 15.4 Å². The highest BCUT2D eigenvalue weighted by molar-refractivity contribution is 7.89. The second-order valence-electron chi connectivity index (χ2n) is 6.78. The summed E-state index contributed by atoms with van der Waals surface area (Å²) < 4.78 is 27.8. The Morgan fingerprint density at radius 1 is 0.929 bits per heavy atom. The lowest BCUT2D eigenvalue weighted by Crippen LogP contribution is -2.34. The minimum absolute atomic E-state index is 0.0452. The van der Waals surface area contributed by atoms with E-state index in [1.165, 1.54) is 0 Å². The number of benzene rings is 3. The van der Waals surface area contributed by atoms with E-state index >= 15 is 0 Å². The summed E-state index contributed by atoms with van der Waals surface area (Å²) in [7, 11) is -3.62. The van der Waals surface area contributed by atoms with Crippen LogP contribution in [-0.2, 0) is 16.6 Å². The van der Waals surface area contributed by atoms with Crippen LogP contribution in [0.3, 0.4) is 0 Å². The maximum absolute atomic E-state index is 12.6. The van der Waals surface area contributed by atoms with Crippen LogP contribution in [0.2, 0.25) is 0 Å². The molecule has 0 aliphatic heterocycles. The summed E-state index contributed by atoms with van der Waals surface area (Å²) in [5.74, 6) is 0. The van der Waals surface area contributed by atoms with Crippen LogP contribution in [0.5, 0.6) is 0 Å². The van der Waals surface area contributed by atoms with Gasteiger partial charge in [0, 0.05) is 18.3 Å². The smallest absolute Gasteiger partial charge is 0.319 e. The van der Waals surface area contributed by atoms with Crippen molar-refractivity contribution in [3.63, 3.8) is 0 Å². The van der Waals surface area contributed by atoms with Crippen LogP contribution in [-0.4, -0.2) is 20.5 Å². The van der Waals surface area contributed by atoms with E-state index in [0.29, 0.717) is 5.69 Å². The summed E-state index contributed by atoms with van der Waals surface area (Å²) in [5, 5.41) is 7.33. The molecule has 0 radical (unpaired) electrons. The molecule has 2 amide bonds. The minimum atomic E-state index is -3.62. The standard InChI is InChI=1S/C21H23N3O3S/c1-15(2)23-21(25)24-19-10-7-16(8-11-19)14-22-28(26,27)20-12-9-17-5-3-4-6-18(17)13-20/h3-13,15,22H,14H2,1-2H3,(H2,23,24,25). The lowest BCUT2D eigenvalue weighted by molar-refractivity contribution is 0.250. The first-order chi connectivity index (χ1) is 13.3. The summed E-state index contributed by atoms with van der Waals surface area (Å²) in [6, 6.07) is 19.5. The van der Waals surface area contributed by atoms with Gasteiger partial charge in [-0.2, -0.15) is 0 Å². The highest BCUT2D eigenvalue weighted by Crippen LogP contribution is 2.19. The van der Waals surface area contributed by atoms with Gasteiger partial charge in [-0.3, -0.25) is 0 Å². The van der Waals surface area contributed by atoms with Gasteiger partial charge in [0.25, 0.3) is 0 Å². The van der Waals surface area contributed by atoms with E-state index in [1.807, 2.05) is 38.1 Å². The molecule has 28 heavy (non-hydrogen) atoms. The van der Waals surface area contributed by atoms with Gasteiger partial charge in [-0.05, 0) is 54.4 Å². The van der Waals surface area contributed by atoms with Crippen molar-refractivity contribution in [2.45, 2.75) is 31.3 Å². The highest BCUT2D eigenvalue weighted by Gasteiger charge is 2.14. The first-order valence-corrected chi connectivity index (χ1v) is 10.5. The zero-order chi connectivity index (χ0) is 20.1. The molecule has 3 aromatic rings. The maximum Gasteiger partial charge on any atom is 0.319 e. The molecular weight excluding hydrogens is 374 g/mol. The average molecular weight is 398 g/mol. The zero-order valence-corrected chi connectivity index (χ0v) is 16.6. The molecule has 146 valence electrons. The Morgan fingerprint density at radius 2 is 1.61 bits per heavy atom. The van der Waals surface area contributed by atoms with E-state index in [-0.39, 0.29) is 23.5 Å². The van der Waals surface area contributed by atoms with Crippen molar-refractivity contribution < 1.29 is 13.2 Å². The Morgan fingerprint density at radius 3 is 2.29 bits per heavy atom. The van der Waals surface area contributed by atoms with Crippen LogP contribution in [0.1, 0.15) is 19.4 Å². The monoisotopic (exact) mass is 397 g/mol. The van der Waals surface area contributed by atoms with Gasteiger partial charge in [0.15, 0.2) is 0 Å². The molecule has 0 atom stereocenters. The second kappa shape index (κ2) is 8.41. The number of carbonyl (C=O) groups is 1. The fourth-order valence-electron chi connectivity index (χ4n) is 2.73. The van der Waals surface area contributed by atoms with Crippen LogP contribution in [0.4, 0.5) is 10.5 Å². The van der Waals surface area contributed by atoms with Crippen molar-refractivity contribution in [1.29, 1.82) is 0 Å². The van der Waals surface area contributed by atoms with Crippen molar-refractivity contribution in [2.75, 3.05) is 5.32 Å². The molecular formula is C21H23N3O3S. The topological polar surface area (TPSA) is 87.3 Å². The van der Waals surface area contributed by atoms with E-state index in [9.17, 15) is 13.2 Å². The number of nitrogens with one attached hydrogen (secondary N) is 3. The molecule has 0 heterocycles. The van der Waals surface area contributed by atoms with Gasteiger partial charge in [-0.25, -0.2) is 17.9 Å². The van der Waals surface area contributed by atoms with Gasteiger partial charge in [0.05, 0.1) is 4.90 Å². The Labute approximate surface area is 165 Å². The Kier molecular flexibility index (Phi) is 5.96. The lowest BCUT2D eigenvalue weighted by Gasteiger charge is -2.11. The zero-order valence-electron chi connectivity index (χ0n) is 15.8. The van der Waals surface area contributed by atoms with Crippen molar-refractivity contribution >= 4 is 32.5 Å². The van der Waals surface area contributed by atoms with Gasteiger partial charge >= 0.3 is 6.03 Å². The lowest BCUT2D eigenvalue weighted by atomic mass is 10.1. The van der Waals surface area contributed by atoms with E-state index in [4.69, 9.17) is 0 Å². The summed E-state index contributed by atoms with van der Waals surface area (Å²) in [6.45, 7) is 3.92. The third-order valence-corrected chi connectivity index (χ3v) is 5.53. The summed E-state index contributed by atoms with van der Waals surface area (Å²) >= 11 is 0. The number of hydrogen-bond acceptors (Lipinski definition) is 3. The van der Waals surface area contributed by atoms with Gasteiger partial charge in [0.2, 0.25) is 10.0 Å². The molecule has 6 nitrogen and oxygen atoms in total. The number of fused-ring (bicyclic) bond motifs is 1. The third kappa shape index (κ3) is 5.09. The first kappa shape index (κ1) is 19.9. The number of sulfonamides is 1. The summed E-state index contributed by atoms with van der Waals surface area (Å²) in [6.07, 6.45) is 0. The second-order valence-corrected chi connectivity index (χ2v) is 8.55. The molecule has 0 bridgehead atoms. The molecule has 0 unspecified atom stereocenters. The number of anilines is 1. The molecule has 3 rings (SSSR count). The van der Waals surface area contributed by atoms with Crippen LogP contribution in [0.15, 0.2) is 71.6 Å². The number of carbonyl (C=O) groups excluding carboxylic acids is 1. The van der Waals surface area contributed by atoms with E-state index in [0.717, 1.165) is 16.3 Å². The van der Waals surface area contributed by atoms with Gasteiger partial charge in [0.1, 0.15) is 0 Å². The molecule has 0 aromatic heterocycles. The molecule has 3 N–H and O–H groups in total. The van der Waals surface area contributed by atoms with Gasteiger partial charge in [-0.15, -0.1) is 0 Å². The summed E-state index contributed by atoms with van der Waals surface area (Å²) in [4.78, 5) is 11.9. The number of hydrogen-bond donors (Lipinski definition) is 3. The van der Waals surface area contributed by atoms with Crippen molar-refractivity contribution in [3.05, 3.63) is 72.3 Å². The molecule has 0 fully saturated rings. The van der Waals surface area contributed by atoms with Crippen molar-refractivity contribution in [2.24, 2.45) is 0 Å². The van der Waals surface area contributed by atoms with E-state index < -0.39 is 10.0 Å². The van der Waals surface area contributed by atoms with E-state index in [1.54, 1.807) is 42.5 Å². The van der Waals surface area contributed by atoms with Crippen LogP contribution < -0.4 is 15.4 Å². The predicted octanol–water partition coefficient (Wildman–Crippen LogP) is 3.85. The minimum Gasteiger partial charge on any atom is -0.336 e. The fraction of sp³-hybridized carbons (Fsp3) is 0.190. The normalized spacial score (nSPS) is 11.5. The third-order valence-electron chi connectivity index (χ3n) is 4.13. The molecule has 0 saturated carbocycles. The Hall–Kier alpha value is -2.90. The Bertz CT molecular complexity index is 1080. The number of amides is 2. The SMILES string of the molecule is CC(C)NC(=O)Nc1ccc(CNS(=O)(=O)c2ccc3ccccc3c2)cc1. The molecule has 0 aliphatic rings. The number of rotatable bonds is 6. The number of urea groups is 1.